The summed E-state index contributed by atoms with van der Waals surface area (Å²) in [4.78, 5) is 36.0. The second-order valence-electron chi connectivity index (χ2n) is 6.05. The van der Waals surface area contributed by atoms with Crippen LogP contribution in [0.5, 0.6) is 0 Å². The molecule has 0 aliphatic rings. The summed E-state index contributed by atoms with van der Waals surface area (Å²) in [5, 5.41) is 14.9. The van der Waals surface area contributed by atoms with Crippen molar-refractivity contribution in [1.82, 2.24) is 5.32 Å². The zero-order valence-corrected chi connectivity index (χ0v) is 15.0. The van der Waals surface area contributed by atoms with E-state index in [0.717, 1.165) is 11.3 Å². The first-order chi connectivity index (χ1) is 11.8. The van der Waals surface area contributed by atoms with Gasteiger partial charge in [0.1, 0.15) is 6.04 Å². The Kier molecular flexibility index (Phi) is 5.97. The zero-order valence-electron chi connectivity index (χ0n) is 14.2. The van der Waals surface area contributed by atoms with Crippen LogP contribution < -0.4 is 10.6 Å². The lowest BCUT2D eigenvalue weighted by Crippen LogP contribution is -2.41. The van der Waals surface area contributed by atoms with Gasteiger partial charge in [0.2, 0.25) is 0 Å². The highest BCUT2D eigenvalue weighted by Crippen LogP contribution is 2.27. The van der Waals surface area contributed by atoms with Gasteiger partial charge in [-0.3, -0.25) is 9.59 Å². The van der Waals surface area contributed by atoms with Crippen molar-refractivity contribution >= 4 is 34.1 Å². The Morgan fingerprint density at radius 2 is 2.00 bits per heavy atom. The Balaban J connectivity index is 2.09. The number of nitrogens with one attached hydrogen (secondary N) is 2. The lowest BCUT2D eigenvalue weighted by molar-refractivity contribution is -0.139. The molecule has 0 unspecified atom stereocenters. The smallest absolute Gasteiger partial charge is 0.326 e. The first-order valence-electron chi connectivity index (χ1n) is 7.77. The van der Waals surface area contributed by atoms with E-state index in [2.05, 4.69) is 10.6 Å². The Hall–Kier alpha value is -2.61. The van der Waals surface area contributed by atoms with E-state index in [4.69, 9.17) is 4.42 Å². The Labute approximate surface area is 149 Å². The standard InChI is InChI=1S/C17H20N2O5S/c1-9(2)7-11(17(22)23)18-16(21)14-10(3)8-13(25-14)19-15(20)12-5-4-6-24-12/h4-6,8-9,11H,7H2,1-3H3,(H,18,21)(H,19,20)(H,22,23)/t11-/m0/s1. The summed E-state index contributed by atoms with van der Waals surface area (Å²) in [6.07, 6.45) is 1.74. The van der Waals surface area contributed by atoms with Gasteiger partial charge in [0.05, 0.1) is 16.1 Å². The summed E-state index contributed by atoms with van der Waals surface area (Å²) >= 11 is 1.09. The van der Waals surface area contributed by atoms with Gasteiger partial charge >= 0.3 is 5.97 Å². The molecule has 2 amide bonds. The molecule has 3 N–H and O–H groups in total. The summed E-state index contributed by atoms with van der Waals surface area (Å²) in [5.41, 5.74) is 0.658. The Morgan fingerprint density at radius 1 is 1.28 bits per heavy atom. The van der Waals surface area contributed by atoms with E-state index in [1.807, 2.05) is 13.8 Å². The summed E-state index contributed by atoms with van der Waals surface area (Å²) in [6, 6.07) is 3.86. The molecule has 25 heavy (non-hydrogen) atoms. The quantitative estimate of drug-likeness (QED) is 0.699. The zero-order chi connectivity index (χ0) is 18.6. The number of carbonyl (C=O) groups excluding carboxylic acids is 2. The third-order valence-corrected chi connectivity index (χ3v) is 4.57. The molecule has 1 atom stereocenters. The third kappa shape index (κ3) is 4.93. The van der Waals surface area contributed by atoms with E-state index in [0.29, 0.717) is 21.9 Å². The highest BCUT2D eigenvalue weighted by atomic mass is 32.1. The number of thiophene rings is 1. The van der Waals surface area contributed by atoms with E-state index < -0.39 is 23.8 Å². The number of aliphatic carboxylic acids is 1. The number of hydrogen-bond donors (Lipinski definition) is 3. The molecule has 0 aliphatic heterocycles. The Bertz CT molecular complexity index is 764. The molecule has 0 bridgehead atoms. The van der Waals surface area contributed by atoms with E-state index in [9.17, 15) is 19.5 Å². The SMILES string of the molecule is Cc1cc(NC(=O)c2ccco2)sc1C(=O)N[C@@H](CC(C)C)C(=O)O. The van der Waals surface area contributed by atoms with Crippen LogP contribution in [0.1, 0.15) is 46.1 Å². The molecule has 0 radical (unpaired) electrons. The average Bonchev–Trinajstić information content (AvgIpc) is 3.15. The van der Waals surface area contributed by atoms with Crippen LogP contribution in [-0.2, 0) is 4.79 Å². The molecule has 2 aromatic heterocycles. The minimum atomic E-state index is -1.07. The minimum absolute atomic E-state index is 0.133. The van der Waals surface area contributed by atoms with Crippen LogP contribution in [-0.4, -0.2) is 28.9 Å². The molecular weight excluding hydrogens is 344 g/mol. The van der Waals surface area contributed by atoms with Crippen LogP contribution in [0.25, 0.3) is 0 Å². The normalized spacial score (nSPS) is 12.0. The number of aryl methyl sites for hydroxylation is 1. The molecule has 134 valence electrons. The van der Waals surface area contributed by atoms with Crippen molar-refractivity contribution in [2.24, 2.45) is 5.92 Å². The van der Waals surface area contributed by atoms with Gasteiger partial charge in [0, 0.05) is 0 Å². The number of amides is 2. The molecule has 2 aromatic rings. The molecule has 0 aliphatic carbocycles. The fourth-order valence-corrected chi connectivity index (χ4v) is 3.24. The second kappa shape index (κ2) is 7.98. The van der Waals surface area contributed by atoms with Crippen molar-refractivity contribution in [2.75, 3.05) is 5.32 Å². The number of anilines is 1. The average molecular weight is 364 g/mol. The topological polar surface area (TPSA) is 109 Å². The number of carboxylic acid groups (broad SMARTS) is 1. The fraction of sp³-hybridized carbons (Fsp3) is 0.353. The third-order valence-electron chi connectivity index (χ3n) is 3.42. The molecular formula is C17H20N2O5S. The van der Waals surface area contributed by atoms with Crippen molar-refractivity contribution in [2.45, 2.75) is 33.2 Å². The molecule has 0 saturated heterocycles. The molecule has 8 heteroatoms. The van der Waals surface area contributed by atoms with Crippen molar-refractivity contribution < 1.29 is 23.9 Å². The number of carboxylic acids is 1. The summed E-state index contributed by atoms with van der Waals surface area (Å²) in [5.74, 6) is -1.65. The van der Waals surface area contributed by atoms with E-state index in [-0.39, 0.29) is 11.7 Å². The van der Waals surface area contributed by atoms with Crippen molar-refractivity contribution in [1.29, 1.82) is 0 Å². The maximum Gasteiger partial charge on any atom is 0.326 e. The maximum atomic E-state index is 12.4. The van der Waals surface area contributed by atoms with Crippen LogP contribution in [0.2, 0.25) is 0 Å². The van der Waals surface area contributed by atoms with Gasteiger partial charge in [-0.25, -0.2) is 4.79 Å². The number of hydrogen-bond acceptors (Lipinski definition) is 5. The largest absolute Gasteiger partial charge is 0.480 e. The van der Waals surface area contributed by atoms with Gasteiger partial charge in [-0.15, -0.1) is 11.3 Å². The second-order valence-corrected chi connectivity index (χ2v) is 7.10. The maximum absolute atomic E-state index is 12.4. The van der Waals surface area contributed by atoms with Gasteiger partial charge in [-0.2, -0.15) is 0 Å². The van der Waals surface area contributed by atoms with Gasteiger partial charge in [0.15, 0.2) is 5.76 Å². The predicted molar refractivity (Wildman–Crippen MR) is 94.1 cm³/mol. The van der Waals surface area contributed by atoms with Crippen LogP contribution in [0.4, 0.5) is 5.00 Å². The lowest BCUT2D eigenvalue weighted by Gasteiger charge is -2.16. The van der Waals surface area contributed by atoms with E-state index in [1.165, 1.54) is 12.3 Å². The highest BCUT2D eigenvalue weighted by molar-refractivity contribution is 7.18. The molecule has 7 nitrogen and oxygen atoms in total. The first kappa shape index (κ1) is 18.7. The Morgan fingerprint density at radius 3 is 2.56 bits per heavy atom. The van der Waals surface area contributed by atoms with Gasteiger partial charge in [-0.05, 0) is 43.0 Å². The molecule has 0 aromatic carbocycles. The molecule has 2 rings (SSSR count). The van der Waals surface area contributed by atoms with Crippen LogP contribution in [0.15, 0.2) is 28.9 Å². The highest BCUT2D eigenvalue weighted by Gasteiger charge is 2.24. The molecule has 0 saturated carbocycles. The van der Waals surface area contributed by atoms with Crippen molar-refractivity contribution in [3.05, 3.63) is 40.7 Å². The van der Waals surface area contributed by atoms with E-state index >= 15 is 0 Å². The van der Waals surface area contributed by atoms with E-state index in [1.54, 1.807) is 19.1 Å². The van der Waals surface area contributed by atoms with Gasteiger partial charge < -0.3 is 20.2 Å². The summed E-state index contributed by atoms with van der Waals surface area (Å²) < 4.78 is 5.02. The monoisotopic (exact) mass is 364 g/mol. The predicted octanol–water partition coefficient (Wildman–Crippen LogP) is 3.13. The first-order valence-corrected chi connectivity index (χ1v) is 8.58. The van der Waals surface area contributed by atoms with Crippen molar-refractivity contribution in [3.8, 4) is 0 Å². The molecule has 2 heterocycles. The van der Waals surface area contributed by atoms with Gasteiger partial charge in [0.25, 0.3) is 11.8 Å². The summed E-state index contributed by atoms with van der Waals surface area (Å²) in [6.45, 7) is 5.51. The summed E-state index contributed by atoms with van der Waals surface area (Å²) in [7, 11) is 0. The minimum Gasteiger partial charge on any atom is -0.480 e. The van der Waals surface area contributed by atoms with Crippen LogP contribution in [0, 0.1) is 12.8 Å². The lowest BCUT2D eigenvalue weighted by atomic mass is 10.0. The van der Waals surface area contributed by atoms with Crippen LogP contribution >= 0.6 is 11.3 Å². The van der Waals surface area contributed by atoms with Crippen molar-refractivity contribution in [3.63, 3.8) is 0 Å². The van der Waals surface area contributed by atoms with Gasteiger partial charge in [-0.1, -0.05) is 13.8 Å². The fourth-order valence-electron chi connectivity index (χ4n) is 2.27. The number of rotatable bonds is 7. The molecule has 0 spiro atoms. The number of furan rings is 1. The van der Waals surface area contributed by atoms with Crippen LogP contribution in [0.3, 0.4) is 0 Å². The number of carbonyl (C=O) groups is 3. The molecule has 0 fully saturated rings.